The number of carbonyl (C=O) groups is 2. The van der Waals surface area contributed by atoms with Crippen molar-refractivity contribution in [3.05, 3.63) is 59.7 Å². The van der Waals surface area contributed by atoms with Gasteiger partial charge in [-0.1, -0.05) is 24.3 Å². The fraction of sp³-hybridized carbons (Fsp3) is 0.364. The number of hydrogen-bond acceptors (Lipinski definition) is 5. The average Bonchev–Trinajstić information content (AvgIpc) is 3.26. The number of rotatable bonds is 9. The molecule has 2 N–H and O–H groups in total. The Balaban J connectivity index is 1.68. The number of benzene rings is 2. The molecule has 1 heterocycles. The SMILES string of the molecule is COCCOc1ccccc1C(=O)Nc1ccccc1C(=O)NCC1CCCO1. The number of anilines is 1. The van der Waals surface area contributed by atoms with Crippen LogP contribution in [0.1, 0.15) is 33.6 Å². The summed E-state index contributed by atoms with van der Waals surface area (Å²) in [6, 6.07) is 13.9. The molecule has 0 spiro atoms. The van der Waals surface area contributed by atoms with E-state index in [1.54, 1.807) is 55.6 Å². The highest BCUT2D eigenvalue weighted by Gasteiger charge is 2.19. The Morgan fingerprint density at radius 3 is 2.55 bits per heavy atom. The van der Waals surface area contributed by atoms with Crippen LogP contribution in [0.25, 0.3) is 0 Å². The number of hydrogen-bond donors (Lipinski definition) is 2. The molecule has 2 aromatic carbocycles. The molecule has 0 aromatic heterocycles. The van der Waals surface area contributed by atoms with Crippen molar-refractivity contribution in [3.8, 4) is 5.75 Å². The molecule has 29 heavy (non-hydrogen) atoms. The number of methoxy groups -OCH3 is 1. The van der Waals surface area contributed by atoms with Crippen LogP contribution in [0.2, 0.25) is 0 Å². The van der Waals surface area contributed by atoms with E-state index >= 15 is 0 Å². The molecule has 2 aromatic rings. The third-order valence-corrected chi connectivity index (χ3v) is 4.61. The van der Waals surface area contributed by atoms with Crippen molar-refractivity contribution < 1.29 is 23.8 Å². The molecule has 7 nitrogen and oxygen atoms in total. The molecule has 3 rings (SSSR count). The molecule has 0 bridgehead atoms. The summed E-state index contributed by atoms with van der Waals surface area (Å²) in [6.07, 6.45) is 2.01. The topological polar surface area (TPSA) is 85.9 Å². The number of amides is 2. The Bertz CT molecular complexity index is 833. The Hall–Kier alpha value is -2.90. The summed E-state index contributed by atoms with van der Waals surface area (Å²) >= 11 is 0. The van der Waals surface area contributed by atoms with Gasteiger partial charge in [-0.2, -0.15) is 0 Å². The molecular formula is C22H26N2O5. The van der Waals surface area contributed by atoms with Crippen molar-refractivity contribution >= 4 is 17.5 Å². The zero-order valence-electron chi connectivity index (χ0n) is 16.5. The van der Waals surface area contributed by atoms with Gasteiger partial charge in [-0.05, 0) is 37.1 Å². The molecule has 7 heteroatoms. The van der Waals surface area contributed by atoms with Crippen LogP contribution in [0.3, 0.4) is 0 Å². The maximum absolute atomic E-state index is 12.8. The smallest absolute Gasteiger partial charge is 0.259 e. The van der Waals surface area contributed by atoms with Crippen LogP contribution in [0.15, 0.2) is 48.5 Å². The fourth-order valence-electron chi connectivity index (χ4n) is 3.10. The summed E-state index contributed by atoms with van der Waals surface area (Å²) in [5.41, 5.74) is 1.23. The highest BCUT2D eigenvalue weighted by Crippen LogP contribution is 2.22. The molecule has 1 aliphatic heterocycles. The standard InChI is InChI=1S/C22H26N2O5/c1-27-13-14-29-20-11-5-3-9-18(20)22(26)24-19-10-4-2-8-17(19)21(25)23-15-16-7-6-12-28-16/h2-5,8-11,16H,6-7,12-15H2,1H3,(H,23,25)(H,24,26). The van der Waals surface area contributed by atoms with Crippen LogP contribution in [0, 0.1) is 0 Å². The largest absolute Gasteiger partial charge is 0.490 e. The van der Waals surface area contributed by atoms with E-state index in [1.807, 2.05) is 0 Å². The van der Waals surface area contributed by atoms with Crippen LogP contribution in [-0.4, -0.2) is 51.4 Å². The normalized spacial score (nSPS) is 15.7. The second-order valence-electron chi connectivity index (χ2n) is 6.68. The third-order valence-electron chi connectivity index (χ3n) is 4.61. The van der Waals surface area contributed by atoms with Crippen molar-refractivity contribution in [1.82, 2.24) is 5.32 Å². The molecule has 0 saturated carbocycles. The molecule has 0 radical (unpaired) electrons. The quantitative estimate of drug-likeness (QED) is 0.635. The van der Waals surface area contributed by atoms with Crippen LogP contribution in [0.4, 0.5) is 5.69 Å². The first-order valence-corrected chi connectivity index (χ1v) is 9.70. The van der Waals surface area contributed by atoms with E-state index in [-0.39, 0.29) is 17.9 Å². The van der Waals surface area contributed by atoms with Gasteiger partial charge in [0.05, 0.1) is 29.5 Å². The number of nitrogens with one attached hydrogen (secondary N) is 2. The monoisotopic (exact) mass is 398 g/mol. The number of ether oxygens (including phenoxy) is 3. The van der Waals surface area contributed by atoms with E-state index in [1.165, 1.54) is 0 Å². The highest BCUT2D eigenvalue weighted by molar-refractivity contribution is 6.10. The van der Waals surface area contributed by atoms with Gasteiger partial charge >= 0.3 is 0 Å². The first-order valence-electron chi connectivity index (χ1n) is 9.70. The van der Waals surface area contributed by atoms with Crippen molar-refractivity contribution in [1.29, 1.82) is 0 Å². The van der Waals surface area contributed by atoms with E-state index in [0.717, 1.165) is 19.4 Å². The second kappa shape index (κ2) is 10.6. The van der Waals surface area contributed by atoms with Crippen molar-refractivity contribution in [2.24, 2.45) is 0 Å². The first-order chi connectivity index (χ1) is 14.2. The van der Waals surface area contributed by atoms with Crippen molar-refractivity contribution in [3.63, 3.8) is 0 Å². The van der Waals surface area contributed by atoms with Crippen LogP contribution >= 0.6 is 0 Å². The van der Waals surface area contributed by atoms with Crippen LogP contribution in [0.5, 0.6) is 5.75 Å². The average molecular weight is 398 g/mol. The lowest BCUT2D eigenvalue weighted by Crippen LogP contribution is -2.32. The lowest BCUT2D eigenvalue weighted by Gasteiger charge is -2.15. The minimum absolute atomic E-state index is 0.0526. The van der Waals surface area contributed by atoms with Gasteiger partial charge in [0, 0.05) is 20.3 Å². The summed E-state index contributed by atoms with van der Waals surface area (Å²) in [6.45, 7) is 1.95. The van der Waals surface area contributed by atoms with Gasteiger partial charge < -0.3 is 24.8 Å². The zero-order chi connectivity index (χ0) is 20.5. The van der Waals surface area contributed by atoms with Crippen LogP contribution < -0.4 is 15.4 Å². The lowest BCUT2D eigenvalue weighted by molar-refractivity contribution is 0.0858. The Morgan fingerprint density at radius 1 is 1.03 bits per heavy atom. The fourth-order valence-corrected chi connectivity index (χ4v) is 3.10. The summed E-state index contributed by atoms with van der Waals surface area (Å²) in [5.74, 6) is -0.138. The van der Waals surface area contributed by atoms with Gasteiger partial charge in [0.15, 0.2) is 0 Å². The summed E-state index contributed by atoms with van der Waals surface area (Å²) in [4.78, 5) is 25.5. The number of para-hydroxylation sites is 2. The number of carbonyl (C=O) groups excluding carboxylic acids is 2. The van der Waals surface area contributed by atoms with Crippen molar-refractivity contribution in [2.45, 2.75) is 18.9 Å². The van der Waals surface area contributed by atoms with Crippen LogP contribution in [-0.2, 0) is 9.47 Å². The van der Waals surface area contributed by atoms with Gasteiger partial charge in [-0.25, -0.2) is 0 Å². The molecule has 1 saturated heterocycles. The predicted molar refractivity (Wildman–Crippen MR) is 110 cm³/mol. The van der Waals surface area contributed by atoms with E-state index in [9.17, 15) is 9.59 Å². The lowest BCUT2D eigenvalue weighted by atomic mass is 10.1. The Morgan fingerprint density at radius 2 is 1.79 bits per heavy atom. The molecular weight excluding hydrogens is 372 g/mol. The van der Waals surface area contributed by atoms with E-state index in [2.05, 4.69) is 10.6 Å². The zero-order valence-corrected chi connectivity index (χ0v) is 16.5. The van der Waals surface area contributed by atoms with Gasteiger partial charge in [0.2, 0.25) is 0 Å². The van der Waals surface area contributed by atoms with Gasteiger partial charge in [0.1, 0.15) is 12.4 Å². The minimum atomic E-state index is -0.350. The molecule has 2 amide bonds. The van der Waals surface area contributed by atoms with Gasteiger partial charge in [-0.15, -0.1) is 0 Å². The van der Waals surface area contributed by atoms with Crippen molar-refractivity contribution in [2.75, 3.05) is 38.8 Å². The highest BCUT2D eigenvalue weighted by atomic mass is 16.5. The molecule has 1 aliphatic rings. The molecule has 1 unspecified atom stereocenters. The Kier molecular flexibility index (Phi) is 7.61. The molecule has 1 fully saturated rings. The molecule has 154 valence electrons. The van der Waals surface area contributed by atoms with E-state index in [0.29, 0.717) is 42.3 Å². The van der Waals surface area contributed by atoms with E-state index < -0.39 is 0 Å². The molecule has 1 atom stereocenters. The van der Waals surface area contributed by atoms with E-state index in [4.69, 9.17) is 14.2 Å². The van der Waals surface area contributed by atoms with Gasteiger partial charge in [0.25, 0.3) is 11.8 Å². The predicted octanol–water partition coefficient (Wildman–Crippen LogP) is 2.87. The summed E-state index contributed by atoms with van der Waals surface area (Å²) in [7, 11) is 1.59. The third kappa shape index (κ3) is 5.79. The Labute approximate surface area is 170 Å². The first kappa shape index (κ1) is 20.8. The minimum Gasteiger partial charge on any atom is -0.490 e. The second-order valence-corrected chi connectivity index (χ2v) is 6.68. The summed E-state index contributed by atoms with van der Waals surface area (Å²) < 4.78 is 16.2. The summed E-state index contributed by atoms with van der Waals surface area (Å²) in [5, 5.41) is 5.71. The molecule has 0 aliphatic carbocycles. The maximum Gasteiger partial charge on any atom is 0.259 e. The maximum atomic E-state index is 12.8. The van der Waals surface area contributed by atoms with Gasteiger partial charge in [-0.3, -0.25) is 9.59 Å².